The number of quaternary nitrogens is 1. The molecule has 0 heterocycles. The number of carbonyl (C=O) groups is 2. The van der Waals surface area contributed by atoms with Gasteiger partial charge >= 0.3 is 19.8 Å². The first-order valence-corrected chi connectivity index (χ1v) is 39.7. The molecule has 520 valence electrons. The molecule has 0 bridgehead atoms. The molecule has 0 saturated carbocycles. The summed E-state index contributed by atoms with van der Waals surface area (Å²) in [6.07, 6.45) is 94.7. The number of nitrogens with zero attached hydrogens (tertiary/aromatic N) is 1. The van der Waals surface area contributed by atoms with Gasteiger partial charge in [0, 0.05) is 12.8 Å². The molecule has 2 atom stereocenters. The Hall–Kier alpha value is -2.55. The van der Waals surface area contributed by atoms with Gasteiger partial charge in [0.15, 0.2) is 6.10 Å². The maximum absolute atomic E-state index is 12.9. The molecular weight excluding hydrogens is 1120 g/mol. The van der Waals surface area contributed by atoms with Gasteiger partial charge in [-0.25, -0.2) is 4.57 Å². The molecule has 89 heavy (non-hydrogen) atoms. The Morgan fingerprint density at radius 3 is 0.955 bits per heavy atom. The van der Waals surface area contributed by atoms with Crippen LogP contribution in [0.3, 0.4) is 0 Å². The average Bonchev–Trinajstić information content (AvgIpc) is 3.60. The molecule has 0 amide bonds. The summed E-state index contributed by atoms with van der Waals surface area (Å²) >= 11 is 0. The van der Waals surface area contributed by atoms with Gasteiger partial charge in [0.2, 0.25) is 0 Å². The normalized spacial score (nSPS) is 13.5. The van der Waals surface area contributed by atoms with E-state index < -0.39 is 26.5 Å². The van der Waals surface area contributed by atoms with Crippen LogP contribution >= 0.6 is 7.82 Å². The van der Waals surface area contributed by atoms with Crippen molar-refractivity contribution in [3.05, 3.63) is 72.9 Å². The lowest BCUT2D eigenvalue weighted by Gasteiger charge is -2.24. The SMILES string of the molecule is CC/C=C\C/C=C\C/C=C\C/C=C\C/C=C\C/C=C\CCCCCCCCCCCCCCC(=O)OC(COC(=O)CCCCCCCCCCCCCCCCCCCCCCCCCCCCCCCCCCCC)COP(=O)(O)OCC[N+](C)(C)C. The van der Waals surface area contributed by atoms with E-state index in [2.05, 4.69) is 86.8 Å². The van der Waals surface area contributed by atoms with Crippen molar-refractivity contribution < 1.29 is 42.1 Å². The van der Waals surface area contributed by atoms with Crippen molar-refractivity contribution in [1.82, 2.24) is 0 Å². The van der Waals surface area contributed by atoms with Gasteiger partial charge in [0.1, 0.15) is 19.8 Å². The van der Waals surface area contributed by atoms with E-state index in [0.29, 0.717) is 23.9 Å². The fourth-order valence-corrected chi connectivity index (χ4v) is 11.9. The molecule has 2 unspecified atom stereocenters. The van der Waals surface area contributed by atoms with Crippen LogP contribution in [0.2, 0.25) is 0 Å². The lowest BCUT2D eigenvalue weighted by molar-refractivity contribution is -0.870. The number of rotatable bonds is 71. The summed E-state index contributed by atoms with van der Waals surface area (Å²) < 4.78 is 34.8. The summed E-state index contributed by atoms with van der Waals surface area (Å²) in [6.45, 7) is 4.38. The van der Waals surface area contributed by atoms with E-state index in [1.807, 2.05) is 21.1 Å². The van der Waals surface area contributed by atoms with Gasteiger partial charge in [-0.15, -0.1) is 0 Å². The third kappa shape index (κ3) is 74.4. The van der Waals surface area contributed by atoms with Crippen LogP contribution in [0, 0.1) is 0 Å². The van der Waals surface area contributed by atoms with E-state index in [0.717, 1.165) is 77.0 Å². The van der Waals surface area contributed by atoms with Gasteiger partial charge in [-0.1, -0.05) is 363 Å². The number of hydrogen-bond acceptors (Lipinski definition) is 7. The van der Waals surface area contributed by atoms with Crippen LogP contribution in [0.1, 0.15) is 367 Å². The standard InChI is InChI=1S/C79H146NO8P/c1-6-8-10-12-14-16-18-20-22-24-26-28-30-32-34-36-38-39-40-42-43-45-47-49-51-53-55-57-59-61-63-65-67-69-71-78(81)85-75-77(76-87-89(83,84)86-74-73-80(3,4)5)88-79(82)72-70-68-66-64-62-60-58-56-54-52-50-48-46-44-41-37-35-33-31-29-27-25-23-21-19-17-15-13-11-9-7-2/h9,11,15,17,21,23,27,29,33,35,41,44,77H,6-8,10,12-14,16,18-20,22,24-26,28,30-32,34,36-40,42-43,45-76H2,1-5H3/p+1/b11-9-,17-15-,23-21-,29-27-,35-33-,44-41-. The molecule has 0 spiro atoms. The summed E-state index contributed by atoms with van der Waals surface area (Å²) in [5.74, 6) is -0.784. The number of unbranched alkanes of at least 4 members (excludes halogenated alkanes) is 45. The van der Waals surface area contributed by atoms with Crippen LogP contribution in [0.5, 0.6) is 0 Å². The Balaban J connectivity index is 3.97. The zero-order chi connectivity index (χ0) is 64.8. The monoisotopic (exact) mass is 1270 g/mol. The van der Waals surface area contributed by atoms with Gasteiger partial charge in [-0.2, -0.15) is 0 Å². The highest BCUT2D eigenvalue weighted by atomic mass is 31.2. The fourth-order valence-electron chi connectivity index (χ4n) is 11.2. The summed E-state index contributed by atoms with van der Waals surface area (Å²) in [7, 11) is 1.49. The maximum Gasteiger partial charge on any atom is 0.472 e. The lowest BCUT2D eigenvalue weighted by atomic mass is 10.0. The van der Waals surface area contributed by atoms with Crippen molar-refractivity contribution in [2.75, 3.05) is 47.5 Å². The minimum absolute atomic E-state index is 0.0311. The predicted octanol–water partition coefficient (Wildman–Crippen LogP) is 25.1. The number of likely N-dealkylation sites (N-methyl/N-ethyl adjacent to an activating group) is 1. The fraction of sp³-hybridized carbons (Fsp3) is 0.823. The van der Waals surface area contributed by atoms with E-state index in [4.69, 9.17) is 18.5 Å². The van der Waals surface area contributed by atoms with Gasteiger partial charge in [0.25, 0.3) is 0 Å². The second-order valence-corrected chi connectivity index (χ2v) is 28.5. The summed E-state index contributed by atoms with van der Waals surface area (Å²) in [5, 5.41) is 0. The van der Waals surface area contributed by atoms with Crippen LogP contribution in [0.4, 0.5) is 0 Å². The Morgan fingerprint density at radius 2 is 0.640 bits per heavy atom. The van der Waals surface area contributed by atoms with Crippen LogP contribution in [-0.4, -0.2) is 74.9 Å². The van der Waals surface area contributed by atoms with E-state index in [1.165, 1.54) is 257 Å². The van der Waals surface area contributed by atoms with Gasteiger partial charge < -0.3 is 18.9 Å². The molecule has 0 aromatic carbocycles. The van der Waals surface area contributed by atoms with Crippen molar-refractivity contribution in [3.63, 3.8) is 0 Å². The first kappa shape index (κ1) is 86.5. The third-order valence-corrected chi connectivity index (χ3v) is 18.0. The van der Waals surface area contributed by atoms with Crippen LogP contribution in [-0.2, 0) is 32.7 Å². The highest BCUT2D eigenvalue weighted by molar-refractivity contribution is 7.47. The molecular formula is C79H147NO8P+. The topological polar surface area (TPSA) is 108 Å². The van der Waals surface area contributed by atoms with Crippen LogP contribution in [0.25, 0.3) is 0 Å². The Kier molecular flexibility index (Phi) is 67.8. The van der Waals surface area contributed by atoms with Gasteiger partial charge in [-0.3, -0.25) is 18.6 Å². The zero-order valence-corrected chi connectivity index (χ0v) is 60.3. The van der Waals surface area contributed by atoms with E-state index in [9.17, 15) is 19.0 Å². The summed E-state index contributed by atoms with van der Waals surface area (Å²) in [5.41, 5.74) is 0. The van der Waals surface area contributed by atoms with Gasteiger partial charge in [0.05, 0.1) is 27.7 Å². The second kappa shape index (κ2) is 69.8. The summed E-state index contributed by atoms with van der Waals surface area (Å²) in [4.78, 5) is 35.9. The Morgan fingerprint density at radius 1 is 0.360 bits per heavy atom. The Bertz CT molecular complexity index is 1730. The maximum atomic E-state index is 12.9. The first-order chi connectivity index (χ1) is 43.5. The smallest absolute Gasteiger partial charge is 0.462 e. The highest BCUT2D eigenvalue weighted by Gasteiger charge is 2.27. The molecule has 10 heteroatoms. The van der Waals surface area contributed by atoms with E-state index in [1.54, 1.807) is 0 Å². The summed E-state index contributed by atoms with van der Waals surface area (Å²) in [6, 6.07) is 0. The largest absolute Gasteiger partial charge is 0.472 e. The molecule has 0 aliphatic rings. The molecule has 0 aromatic rings. The van der Waals surface area contributed by atoms with Crippen molar-refractivity contribution in [1.29, 1.82) is 0 Å². The number of allylic oxidation sites excluding steroid dienone is 12. The quantitative estimate of drug-likeness (QED) is 0.0211. The minimum atomic E-state index is -4.40. The van der Waals surface area contributed by atoms with Crippen LogP contribution < -0.4 is 0 Å². The first-order valence-electron chi connectivity index (χ1n) is 38.2. The minimum Gasteiger partial charge on any atom is -0.462 e. The van der Waals surface area contributed by atoms with Crippen molar-refractivity contribution in [2.24, 2.45) is 0 Å². The molecule has 0 fully saturated rings. The molecule has 0 aliphatic carbocycles. The van der Waals surface area contributed by atoms with E-state index in [-0.39, 0.29) is 25.6 Å². The molecule has 1 N–H and O–H groups in total. The van der Waals surface area contributed by atoms with Crippen molar-refractivity contribution in [3.8, 4) is 0 Å². The second-order valence-electron chi connectivity index (χ2n) is 27.0. The Labute approximate surface area is 552 Å². The number of carbonyl (C=O) groups excluding carboxylic acids is 2. The lowest BCUT2D eigenvalue weighted by Crippen LogP contribution is -2.37. The highest BCUT2D eigenvalue weighted by Crippen LogP contribution is 2.43. The number of esters is 2. The molecule has 0 rings (SSSR count). The van der Waals surface area contributed by atoms with Crippen molar-refractivity contribution in [2.45, 2.75) is 373 Å². The molecule has 0 radical (unpaired) electrons. The molecule has 0 aromatic heterocycles. The number of phosphoric acid groups is 1. The molecule has 0 aliphatic heterocycles. The molecule has 0 saturated heterocycles. The van der Waals surface area contributed by atoms with E-state index >= 15 is 0 Å². The zero-order valence-electron chi connectivity index (χ0n) is 59.4. The predicted molar refractivity (Wildman–Crippen MR) is 386 cm³/mol. The average molecular weight is 1270 g/mol. The van der Waals surface area contributed by atoms with Crippen molar-refractivity contribution >= 4 is 19.8 Å². The van der Waals surface area contributed by atoms with Crippen LogP contribution in [0.15, 0.2) is 72.9 Å². The molecule has 9 nitrogen and oxygen atoms in total. The number of phosphoric ester groups is 1. The van der Waals surface area contributed by atoms with Gasteiger partial charge in [-0.05, 0) is 64.2 Å². The number of hydrogen-bond donors (Lipinski definition) is 1. The number of ether oxygens (including phenoxy) is 2. The third-order valence-electron chi connectivity index (χ3n) is 17.0.